The Morgan fingerprint density at radius 1 is 1.36 bits per heavy atom. The van der Waals surface area contributed by atoms with Gasteiger partial charge in [-0.3, -0.25) is 15.0 Å². The van der Waals surface area contributed by atoms with Crippen LogP contribution in [0.5, 0.6) is 0 Å². The molecule has 0 amide bonds. The van der Waals surface area contributed by atoms with Gasteiger partial charge in [0.25, 0.3) is 0 Å². The zero-order valence-electron chi connectivity index (χ0n) is 13.5. The largest absolute Gasteiger partial charge is 0.395 e. The maximum absolute atomic E-state index is 11.4. The third kappa shape index (κ3) is 3.22. The van der Waals surface area contributed by atoms with Crippen molar-refractivity contribution < 1.29 is 10.0 Å². The molecular formula is C14H25N5O3. The zero-order valence-corrected chi connectivity index (χ0v) is 13.5. The number of nitrogens with zero attached hydrogens (tertiary/aromatic N) is 5. The molecule has 22 heavy (non-hydrogen) atoms. The van der Waals surface area contributed by atoms with E-state index in [0.29, 0.717) is 24.5 Å². The van der Waals surface area contributed by atoms with Gasteiger partial charge in [0.1, 0.15) is 5.69 Å². The maximum Gasteiger partial charge on any atom is 0.334 e. The molecule has 8 heteroatoms. The number of rotatable bonds is 5. The Morgan fingerprint density at radius 2 is 2.09 bits per heavy atom. The molecule has 8 nitrogen and oxygen atoms in total. The molecule has 1 aliphatic rings. The number of hydrogen-bond donors (Lipinski definition) is 1. The smallest absolute Gasteiger partial charge is 0.334 e. The Morgan fingerprint density at radius 3 is 2.68 bits per heavy atom. The van der Waals surface area contributed by atoms with Crippen molar-refractivity contribution >= 4 is 11.5 Å². The van der Waals surface area contributed by atoms with Crippen molar-refractivity contribution in [3.63, 3.8) is 0 Å². The highest BCUT2D eigenvalue weighted by atomic mass is 16.6. The quantitative estimate of drug-likeness (QED) is 0.639. The summed E-state index contributed by atoms with van der Waals surface area (Å²) in [4.78, 5) is 15.4. The van der Waals surface area contributed by atoms with Crippen LogP contribution in [0, 0.1) is 10.1 Å². The SMILES string of the molecule is CCc1nn(C)c(N2CCCN(C(C)CO)CC2)c1[N+](=O)[O-]. The van der Waals surface area contributed by atoms with Gasteiger partial charge in [-0.15, -0.1) is 0 Å². The Labute approximate surface area is 130 Å². The van der Waals surface area contributed by atoms with Gasteiger partial charge >= 0.3 is 5.69 Å². The lowest BCUT2D eigenvalue weighted by Gasteiger charge is -2.26. The van der Waals surface area contributed by atoms with Gasteiger partial charge < -0.3 is 10.0 Å². The van der Waals surface area contributed by atoms with E-state index in [0.717, 1.165) is 26.1 Å². The molecule has 0 spiro atoms. The number of aromatic nitrogens is 2. The van der Waals surface area contributed by atoms with Crippen molar-refractivity contribution in [1.29, 1.82) is 0 Å². The Hall–Kier alpha value is -1.67. The van der Waals surface area contributed by atoms with Gasteiger partial charge in [0.15, 0.2) is 0 Å². The summed E-state index contributed by atoms with van der Waals surface area (Å²) in [5.74, 6) is 0.598. The van der Waals surface area contributed by atoms with E-state index in [9.17, 15) is 15.2 Å². The van der Waals surface area contributed by atoms with Crippen LogP contribution in [0.4, 0.5) is 11.5 Å². The van der Waals surface area contributed by atoms with Gasteiger partial charge in [-0.1, -0.05) is 6.92 Å². The van der Waals surface area contributed by atoms with E-state index in [1.807, 2.05) is 18.7 Å². The molecule has 0 aliphatic carbocycles. The van der Waals surface area contributed by atoms with Gasteiger partial charge in [0, 0.05) is 39.3 Å². The first-order chi connectivity index (χ1) is 10.5. The molecule has 1 atom stereocenters. The van der Waals surface area contributed by atoms with Crippen molar-refractivity contribution in [2.75, 3.05) is 37.7 Å². The molecule has 0 radical (unpaired) electrons. The Balaban J connectivity index is 2.25. The number of aryl methyl sites for hydroxylation is 2. The van der Waals surface area contributed by atoms with Crippen LogP contribution in [0.3, 0.4) is 0 Å². The van der Waals surface area contributed by atoms with Gasteiger partial charge in [-0.05, 0) is 19.8 Å². The second kappa shape index (κ2) is 7.06. The Bertz CT molecular complexity index is 531. The van der Waals surface area contributed by atoms with Crippen molar-refractivity contribution in [2.24, 2.45) is 7.05 Å². The molecule has 2 rings (SSSR count). The first kappa shape index (κ1) is 16.7. The van der Waals surface area contributed by atoms with Crippen molar-refractivity contribution in [2.45, 2.75) is 32.7 Å². The minimum atomic E-state index is -0.319. The molecule has 1 aliphatic heterocycles. The maximum atomic E-state index is 11.4. The van der Waals surface area contributed by atoms with Crippen molar-refractivity contribution in [3.05, 3.63) is 15.8 Å². The minimum Gasteiger partial charge on any atom is -0.395 e. The molecule has 2 heterocycles. The molecule has 0 saturated carbocycles. The molecule has 1 fully saturated rings. The summed E-state index contributed by atoms with van der Waals surface area (Å²) in [5.41, 5.74) is 0.668. The minimum absolute atomic E-state index is 0.118. The van der Waals surface area contributed by atoms with Crippen LogP contribution in [0.15, 0.2) is 0 Å². The van der Waals surface area contributed by atoms with Crippen LogP contribution >= 0.6 is 0 Å². The van der Waals surface area contributed by atoms with Crippen LogP contribution in [0.2, 0.25) is 0 Å². The molecule has 1 aromatic heterocycles. The summed E-state index contributed by atoms with van der Waals surface area (Å²) < 4.78 is 1.63. The number of hydrogen-bond acceptors (Lipinski definition) is 6. The lowest BCUT2D eigenvalue weighted by atomic mass is 10.2. The molecule has 124 valence electrons. The van der Waals surface area contributed by atoms with Crippen LogP contribution in [-0.4, -0.2) is 63.5 Å². The van der Waals surface area contributed by atoms with E-state index in [4.69, 9.17) is 0 Å². The predicted octanol–water partition coefficient (Wildman–Crippen LogP) is 0.784. The molecule has 1 N–H and O–H groups in total. The highest BCUT2D eigenvalue weighted by Gasteiger charge is 2.31. The molecule has 1 aromatic rings. The summed E-state index contributed by atoms with van der Waals surface area (Å²) in [6, 6.07) is 0.118. The topological polar surface area (TPSA) is 87.7 Å². The van der Waals surface area contributed by atoms with Crippen molar-refractivity contribution in [3.8, 4) is 0 Å². The second-order valence-electron chi connectivity index (χ2n) is 5.76. The van der Waals surface area contributed by atoms with E-state index in [2.05, 4.69) is 10.00 Å². The third-order valence-corrected chi connectivity index (χ3v) is 4.30. The van der Waals surface area contributed by atoms with Gasteiger partial charge in [-0.25, -0.2) is 4.68 Å². The summed E-state index contributed by atoms with van der Waals surface area (Å²) >= 11 is 0. The summed E-state index contributed by atoms with van der Waals surface area (Å²) in [6.07, 6.45) is 1.46. The molecular weight excluding hydrogens is 286 g/mol. The molecule has 0 bridgehead atoms. The number of nitro groups is 1. The van der Waals surface area contributed by atoms with Gasteiger partial charge in [0.2, 0.25) is 5.82 Å². The monoisotopic (exact) mass is 311 g/mol. The zero-order chi connectivity index (χ0) is 16.3. The molecule has 1 saturated heterocycles. The fourth-order valence-electron chi connectivity index (χ4n) is 3.04. The van der Waals surface area contributed by atoms with Crippen LogP contribution in [-0.2, 0) is 13.5 Å². The number of aliphatic hydroxyl groups is 1. The highest BCUT2D eigenvalue weighted by Crippen LogP contribution is 2.32. The number of anilines is 1. The van der Waals surface area contributed by atoms with E-state index >= 15 is 0 Å². The third-order valence-electron chi connectivity index (χ3n) is 4.30. The van der Waals surface area contributed by atoms with E-state index in [1.165, 1.54) is 0 Å². The van der Waals surface area contributed by atoms with Gasteiger partial charge in [-0.2, -0.15) is 5.10 Å². The molecule has 1 unspecified atom stereocenters. The van der Waals surface area contributed by atoms with Crippen molar-refractivity contribution in [1.82, 2.24) is 14.7 Å². The highest BCUT2D eigenvalue weighted by molar-refractivity contribution is 5.61. The first-order valence-corrected chi connectivity index (χ1v) is 7.79. The summed E-state index contributed by atoms with van der Waals surface area (Å²) in [7, 11) is 1.76. The standard InChI is InChI=1S/C14H25N5O3/c1-4-12-13(19(21)22)14(16(3)15-12)18-7-5-6-17(8-9-18)11(2)10-20/h11,20H,4-10H2,1-3H3. The first-order valence-electron chi connectivity index (χ1n) is 7.79. The lowest BCUT2D eigenvalue weighted by molar-refractivity contribution is -0.384. The fraction of sp³-hybridized carbons (Fsp3) is 0.786. The lowest BCUT2D eigenvalue weighted by Crippen LogP contribution is -2.39. The van der Waals surface area contributed by atoms with Gasteiger partial charge in [0.05, 0.1) is 11.5 Å². The summed E-state index contributed by atoms with van der Waals surface area (Å²) in [6.45, 7) is 7.15. The second-order valence-corrected chi connectivity index (χ2v) is 5.76. The van der Waals surface area contributed by atoms with Crippen LogP contribution in [0.25, 0.3) is 0 Å². The average Bonchev–Trinajstić information content (AvgIpc) is 2.68. The van der Waals surface area contributed by atoms with E-state index < -0.39 is 0 Å². The molecule has 0 aromatic carbocycles. The van der Waals surface area contributed by atoms with Crippen LogP contribution < -0.4 is 4.90 Å². The predicted molar refractivity (Wildman–Crippen MR) is 84.2 cm³/mol. The average molecular weight is 311 g/mol. The van der Waals surface area contributed by atoms with E-state index in [1.54, 1.807) is 11.7 Å². The van der Waals surface area contributed by atoms with E-state index in [-0.39, 0.29) is 23.3 Å². The number of aliphatic hydroxyl groups excluding tert-OH is 1. The van der Waals surface area contributed by atoms with Crippen LogP contribution in [0.1, 0.15) is 26.0 Å². The summed E-state index contributed by atoms with van der Waals surface area (Å²) in [5, 5.41) is 25.0. The normalized spacial score (nSPS) is 18.3. The Kier molecular flexibility index (Phi) is 5.36. The fourth-order valence-corrected chi connectivity index (χ4v) is 3.04.